The number of carbonyl (C=O) groups is 2. The van der Waals surface area contributed by atoms with E-state index in [1.165, 1.54) is 12.8 Å². The van der Waals surface area contributed by atoms with Crippen molar-refractivity contribution in [3.8, 4) is 0 Å². The van der Waals surface area contributed by atoms with Gasteiger partial charge < -0.3 is 14.2 Å². The van der Waals surface area contributed by atoms with E-state index in [9.17, 15) is 9.59 Å². The van der Waals surface area contributed by atoms with Gasteiger partial charge in [0.2, 0.25) is 0 Å². The van der Waals surface area contributed by atoms with Crippen LogP contribution in [-0.4, -0.2) is 45.5 Å². The number of hydrogen-bond donors (Lipinski definition) is 0. The third-order valence-electron chi connectivity index (χ3n) is 5.66. The first kappa shape index (κ1) is 19.0. The Morgan fingerprint density at radius 1 is 1.25 bits per heavy atom. The summed E-state index contributed by atoms with van der Waals surface area (Å²) in [4.78, 5) is 30.5. The standard InChI is InChI=1S/C22H29N3O3/c1-22(2,3)28-21(27)24-10-7-16(8-11-24)19-20-17(6-9-23-19)12-18(14-26)25(20)13-15-4-5-15/h6,9,12,14-16H,4-5,7-8,10-11,13H2,1-3H3. The first-order chi connectivity index (χ1) is 13.4. The lowest BCUT2D eigenvalue weighted by Gasteiger charge is -2.33. The molecule has 2 aromatic rings. The number of aromatic nitrogens is 2. The summed E-state index contributed by atoms with van der Waals surface area (Å²) < 4.78 is 7.67. The summed E-state index contributed by atoms with van der Waals surface area (Å²) in [5.74, 6) is 0.964. The lowest BCUT2D eigenvalue weighted by atomic mass is 9.92. The third-order valence-corrected chi connectivity index (χ3v) is 5.66. The molecule has 2 fully saturated rings. The molecule has 1 saturated carbocycles. The van der Waals surface area contributed by atoms with Crippen molar-refractivity contribution >= 4 is 23.3 Å². The highest BCUT2D eigenvalue weighted by Gasteiger charge is 2.30. The Kier molecular flexibility index (Phi) is 4.89. The van der Waals surface area contributed by atoms with Crippen molar-refractivity contribution in [2.24, 2.45) is 5.92 Å². The summed E-state index contributed by atoms with van der Waals surface area (Å²) in [5, 5.41) is 1.09. The van der Waals surface area contributed by atoms with Crippen molar-refractivity contribution in [2.75, 3.05) is 13.1 Å². The minimum Gasteiger partial charge on any atom is -0.444 e. The molecule has 6 nitrogen and oxygen atoms in total. The minimum absolute atomic E-state index is 0.238. The van der Waals surface area contributed by atoms with E-state index in [1.807, 2.05) is 39.1 Å². The second-order valence-electron chi connectivity index (χ2n) is 9.12. The van der Waals surface area contributed by atoms with Crippen molar-refractivity contribution in [1.82, 2.24) is 14.5 Å². The molecule has 2 aliphatic rings. The van der Waals surface area contributed by atoms with Crippen LogP contribution in [0.4, 0.5) is 4.79 Å². The average molecular weight is 383 g/mol. The molecule has 0 unspecified atom stereocenters. The van der Waals surface area contributed by atoms with E-state index in [0.29, 0.717) is 19.0 Å². The molecule has 0 atom stereocenters. The number of nitrogens with zero attached hydrogens (tertiary/aromatic N) is 3. The van der Waals surface area contributed by atoms with Crippen molar-refractivity contribution in [3.63, 3.8) is 0 Å². The third kappa shape index (κ3) is 3.91. The number of pyridine rings is 1. The van der Waals surface area contributed by atoms with Crippen molar-refractivity contribution in [2.45, 2.75) is 64.5 Å². The number of amides is 1. The Bertz CT molecular complexity index is 884. The highest BCUT2D eigenvalue weighted by atomic mass is 16.6. The van der Waals surface area contributed by atoms with Crippen LogP contribution in [0.3, 0.4) is 0 Å². The van der Waals surface area contributed by atoms with Gasteiger partial charge in [-0.05, 0) is 64.5 Å². The van der Waals surface area contributed by atoms with Crippen molar-refractivity contribution in [3.05, 3.63) is 29.7 Å². The number of likely N-dealkylation sites (tertiary alicyclic amines) is 1. The maximum absolute atomic E-state index is 12.3. The fraction of sp³-hybridized carbons (Fsp3) is 0.591. The number of aldehydes is 1. The highest BCUT2D eigenvalue weighted by molar-refractivity contribution is 5.90. The molecule has 150 valence electrons. The summed E-state index contributed by atoms with van der Waals surface area (Å²) >= 11 is 0. The van der Waals surface area contributed by atoms with Gasteiger partial charge in [-0.15, -0.1) is 0 Å². The van der Waals surface area contributed by atoms with Gasteiger partial charge in [0, 0.05) is 37.1 Å². The Hall–Kier alpha value is -2.37. The van der Waals surface area contributed by atoms with Crippen molar-refractivity contribution in [1.29, 1.82) is 0 Å². The van der Waals surface area contributed by atoms with E-state index in [2.05, 4.69) is 4.57 Å². The average Bonchev–Trinajstić information content (AvgIpc) is 3.40. The van der Waals surface area contributed by atoms with Crippen LogP contribution in [0, 0.1) is 5.92 Å². The molecule has 0 radical (unpaired) electrons. The first-order valence-corrected chi connectivity index (χ1v) is 10.3. The molecule has 3 heterocycles. The Labute approximate surface area is 165 Å². The van der Waals surface area contributed by atoms with Crippen LogP contribution in [0.5, 0.6) is 0 Å². The van der Waals surface area contributed by atoms with Crippen LogP contribution < -0.4 is 0 Å². The molecule has 6 heteroatoms. The number of piperidine rings is 1. The van der Waals surface area contributed by atoms with E-state index >= 15 is 0 Å². The largest absolute Gasteiger partial charge is 0.444 e. The quantitative estimate of drug-likeness (QED) is 0.735. The van der Waals surface area contributed by atoms with Crippen LogP contribution >= 0.6 is 0 Å². The fourth-order valence-corrected chi connectivity index (χ4v) is 4.08. The number of hydrogen-bond acceptors (Lipinski definition) is 4. The second-order valence-corrected chi connectivity index (χ2v) is 9.12. The van der Waals surface area contributed by atoms with Gasteiger partial charge in [0.05, 0.1) is 16.9 Å². The molecule has 1 amide bonds. The Morgan fingerprint density at radius 2 is 1.96 bits per heavy atom. The van der Waals surface area contributed by atoms with E-state index in [0.717, 1.165) is 48.0 Å². The normalized spacial score (nSPS) is 18.5. The SMILES string of the molecule is CC(C)(C)OC(=O)N1CCC(c2nccc3cc(C=O)n(CC4CC4)c23)CC1. The summed E-state index contributed by atoms with van der Waals surface area (Å²) in [7, 11) is 0. The van der Waals surface area contributed by atoms with E-state index in [-0.39, 0.29) is 12.0 Å². The molecule has 1 aliphatic heterocycles. The lowest BCUT2D eigenvalue weighted by Crippen LogP contribution is -2.41. The molecule has 28 heavy (non-hydrogen) atoms. The molecule has 0 N–H and O–H groups in total. The highest BCUT2D eigenvalue weighted by Crippen LogP contribution is 2.36. The molecule has 4 rings (SSSR count). The summed E-state index contributed by atoms with van der Waals surface area (Å²) in [6.07, 6.45) is 6.75. The molecular weight excluding hydrogens is 354 g/mol. The van der Waals surface area contributed by atoms with Gasteiger partial charge in [-0.1, -0.05) is 0 Å². The van der Waals surface area contributed by atoms with Gasteiger partial charge in [-0.25, -0.2) is 4.79 Å². The molecule has 1 aliphatic carbocycles. The molecule has 2 aromatic heterocycles. The Balaban J connectivity index is 1.56. The molecular formula is C22H29N3O3. The van der Waals surface area contributed by atoms with Gasteiger partial charge in [0.15, 0.2) is 6.29 Å². The van der Waals surface area contributed by atoms with Crippen LogP contribution in [0.1, 0.15) is 68.6 Å². The van der Waals surface area contributed by atoms with E-state index in [4.69, 9.17) is 9.72 Å². The molecule has 1 saturated heterocycles. The predicted molar refractivity (Wildman–Crippen MR) is 108 cm³/mol. The summed E-state index contributed by atoms with van der Waals surface area (Å²) in [5.41, 5.74) is 2.43. The molecule has 0 aromatic carbocycles. The van der Waals surface area contributed by atoms with Crippen LogP contribution in [0.15, 0.2) is 18.3 Å². The number of carbonyl (C=O) groups excluding carboxylic acids is 2. The monoisotopic (exact) mass is 383 g/mol. The maximum atomic E-state index is 12.3. The zero-order valence-corrected chi connectivity index (χ0v) is 17.0. The van der Waals surface area contributed by atoms with Gasteiger partial charge in [0.25, 0.3) is 0 Å². The van der Waals surface area contributed by atoms with Gasteiger partial charge >= 0.3 is 6.09 Å². The fourth-order valence-electron chi connectivity index (χ4n) is 4.08. The van der Waals surface area contributed by atoms with Gasteiger partial charge in [-0.2, -0.15) is 0 Å². The lowest BCUT2D eigenvalue weighted by molar-refractivity contribution is 0.0204. The maximum Gasteiger partial charge on any atom is 0.410 e. The minimum atomic E-state index is -0.476. The molecule has 0 spiro atoms. The summed E-state index contributed by atoms with van der Waals surface area (Å²) in [6.45, 7) is 7.90. The second kappa shape index (κ2) is 7.22. The smallest absolute Gasteiger partial charge is 0.410 e. The summed E-state index contributed by atoms with van der Waals surface area (Å²) in [6, 6.07) is 3.97. The Morgan fingerprint density at radius 3 is 2.57 bits per heavy atom. The first-order valence-electron chi connectivity index (χ1n) is 10.3. The van der Waals surface area contributed by atoms with Crippen LogP contribution in [0.25, 0.3) is 10.9 Å². The zero-order valence-electron chi connectivity index (χ0n) is 17.0. The van der Waals surface area contributed by atoms with E-state index < -0.39 is 5.60 Å². The van der Waals surface area contributed by atoms with Crippen LogP contribution in [-0.2, 0) is 11.3 Å². The van der Waals surface area contributed by atoms with Gasteiger partial charge in [-0.3, -0.25) is 9.78 Å². The van der Waals surface area contributed by atoms with E-state index in [1.54, 1.807) is 4.90 Å². The zero-order chi connectivity index (χ0) is 19.9. The molecule has 0 bridgehead atoms. The topological polar surface area (TPSA) is 64.4 Å². The number of fused-ring (bicyclic) bond motifs is 1. The van der Waals surface area contributed by atoms with Crippen molar-refractivity contribution < 1.29 is 14.3 Å². The number of ether oxygens (including phenoxy) is 1. The number of rotatable bonds is 4. The predicted octanol–water partition coefficient (Wildman–Crippen LogP) is 4.37. The van der Waals surface area contributed by atoms with Crippen LogP contribution in [0.2, 0.25) is 0 Å². The van der Waals surface area contributed by atoms with Gasteiger partial charge in [0.1, 0.15) is 5.60 Å².